The molecular formula is C18H24FN3O3S. The van der Waals surface area contributed by atoms with Gasteiger partial charge in [-0.05, 0) is 25.0 Å². The molecule has 2 heterocycles. The second-order valence-corrected chi connectivity index (χ2v) is 7.31. The molecular weight excluding hydrogens is 357 g/mol. The molecule has 1 fully saturated rings. The first-order valence-electron chi connectivity index (χ1n) is 8.98. The van der Waals surface area contributed by atoms with E-state index in [4.69, 9.17) is 15.2 Å². The maximum Gasteiger partial charge on any atom is 0.217 e. The van der Waals surface area contributed by atoms with Crippen molar-refractivity contribution >= 4 is 32.6 Å². The van der Waals surface area contributed by atoms with Crippen LogP contribution in [0.2, 0.25) is 0 Å². The van der Waals surface area contributed by atoms with Crippen LogP contribution in [0.5, 0.6) is 5.75 Å². The van der Waals surface area contributed by atoms with Crippen molar-refractivity contribution in [2.45, 2.75) is 32.1 Å². The second-order valence-electron chi connectivity index (χ2n) is 6.30. The molecule has 1 amide bonds. The largest absolute Gasteiger partial charge is 0.488 e. The molecule has 0 atom stereocenters. The molecule has 2 aromatic rings. The summed E-state index contributed by atoms with van der Waals surface area (Å²) in [5.74, 6) is -0.421. The van der Waals surface area contributed by atoms with Crippen LogP contribution < -0.4 is 15.4 Å². The van der Waals surface area contributed by atoms with Crippen LogP contribution in [0.3, 0.4) is 0 Å². The number of anilines is 1. The monoisotopic (exact) mass is 381 g/mol. The number of amides is 1. The van der Waals surface area contributed by atoms with E-state index in [1.54, 1.807) is 17.4 Å². The summed E-state index contributed by atoms with van der Waals surface area (Å²) in [6, 6.07) is 3.19. The molecule has 0 spiro atoms. The predicted octanol–water partition coefficient (Wildman–Crippen LogP) is 3.09. The number of aromatic nitrogens is 1. The van der Waals surface area contributed by atoms with Gasteiger partial charge in [0.15, 0.2) is 16.7 Å². The molecule has 1 aliphatic rings. The van der Waals surface area contributed by atoms with E-state index in [1.165, 1.54) is 6.07 Å². The predicted molar refractivity (Wildman–Crippen MR) is 100 cm³/mol. The summed E-state index contributed by atoms with van der Waals surface area (Å²) in [6.07, 6.45) is 3.83. The normalized spacial score (nSPS) is 14.7. The molecule has 0 unspecified atom stereocenters. The average Bonchev–Trinajstić information content (AvgIpc) is 3.07. The van der Waals surface area contributed by atoms with Crippen LogP contribution in [0.1, 0.15) is 32.1 Å². The van der Waals surface area contributed by atoms with Gasteiger partial charge < -0.3 is 20.1 Å². The number of halogens is 1. The van der Waals surface area contributed by atoms with Crippen LogP contribution in [0, 0.1) is 5.82 Å². The Kier molecular flexibility index (Phi) is 6.62. The van der Waals surface area contributed by atoms with E-state index >= 15 is 0 Å². The molecule has 0 aliphatic carbocycles. The van der Waals surface area contributed by atoms with E-state index in [2.05, 4.69) is 9.88 Å². The molecule has 8 heteroatoms. The van der Waals surface area contributed by atoms with Crippen molar-refractivity contribution in [3.63, 3.8) is 0 Å². The maximum absolute atomic E-state index is 14.2. The molecule has 1 aromatic carbocycles. The molecule has 2 N–H and O–H groups in total. The zero-order valence-electron chi connectivity index (χ0n) is 14.7. The van der Waals surface area contributed by atoms with Gasteiger partial charge in [0.25, 0.3) is 0 Å². The van der Waals surface area contributed by atoms with Crippen LogP contribution in [0.25, 0.3) is 10.2 Å². The number of nitrogens with zero attached hydrogens (tertiary/aromatic N) is 2. The first-order valence-corrected chi connectivity index (χ1v) is 9.79. The van der Waals surface area contributed by atoms with Gasteiger partial charge in [0, 0.05) is 19.5 Å². The van der Waals surface area contributed by atoms with Crippen molar-refractivity contribution in [2.24, 2.45) is 5.73 Å². The lowest BCUT2D eigenvalue weighted by Gasteiger charge is -2.25. The first-order chi connectivity index (χ1) is 12.6. The summed E-state index contributed by atoms with van der Waals surface area (Å²) in [5.41, 5.74) is 5.70. The zero-order valence-corrected chi connectivity index (χ0v) is 15.5. The standard InChI is InChI=1S/C18H24FN3O3S/c19-13-6-7-14-16(21-18(26-14)22-8-11-24-12-9-22)17(13)25-10-4-2-1-3-5-15(20)23/h6-7H,1-5,8-12H2,(H2,20,23). The van der Waals surface area contributed by atoms with Crippen LogP contribution in [0.15, 0.2) is 12.1 Å². The van der Waals surface area contributed by atoms with Crippen molar-refractivity contribution in [1.82, 2.24) is 4.98 Å². The van der Waals surface area contributed by atoms with Crippen molar-refractivity contribution in [3.05, 3.63) is 17.9 Å². The highest BCUT2D eigenvalue weighted by Crippen LogP contribution is 2.36. The Balaban J connectivity index is 1.59. The van der Waals surface area contributed by atoms with E-state index in [1.807, 2.05) is 0 Å². The Morgan fingerprint density at radius 3 is 2.81 bits per heavy atom. The van der Waals surface area contributed by atoms with Crippen molar-refractivity contribution in [2.75, 3.05) is 37.8 Å². The second kappa shape index (κ2) is 9.14. The van der Waals surface area contributed by atoms with Gasteiger partial charge >= 0.3 is 0 Å². The lowest BCUT2D eigenvalue weighted by atomic mass is 10.1. The van der Waals surface area contributed by atoms with Gasteiger partial charge in [-0.1, -0.05) is 24.2 Å². The first kappa shape index (κ1) is 18.8. The number of hydrogen-bond donors (Lipinski definition) is 1. The van der Waals surface area contributed by atoms with Crippen LogP contribution in [-0.2, 0) is 9.53 Å². The van der Waals surface area contributed by atoms with Gasteiger partial charge in [0.05, 0.1) is 24.5 Å². The van der Waals surface area contributed by atoms with E-state index < -0.39 is 0 Å². The van der Waals surface area contributed by atoms with Crippen molar-refractivity contribution in [3.8, 4) is 5.75 Å². The lowest BCUT2D eigenvalue weighted by Crippen LogP contribution is -2.36. The number of fused-ring (bicyclic) bond motifs is 1. The Labute approximate surface area is 156 Å². The molecule has 142 valence electrons. The van der Waals surface area contributed by atoms with Gasteiger partial charge in [-0.3, -0.25) is 4.79 Å². The van der Waals surface area contributed by atoms with Crippen LogP contribution in [0.4, 0.5) is 9.52 Å². The molecule has 3 rings (SSSR count). The van der Waals surface area contributed by atoms with E-state index in [0.29, 0.717) is 31.8 Å². The van der Waals surface area contributed by atoms with E-state index in [0.717, 1.165) is 48.6 Å². The van der Waals surface area contributed by atoms with Gasteiger partial charge in [-0.2, -0.15) is 0 Å². The number of ether oxygens (including phenoxy) is 2. The smallest absolute Gasteiger partial charge is 0.217 e. The number of thiazole rings is 1. The summed E-state index contributed by atoms with van der Waals surface area (Å²) < 4.78 is 26.2. The Bertz CT molecular complexity index is 747. The minimum absolute atomic E-state index is 0.232. The molecule has 1 aromatic heterocycles. The summed E-state index contributed by atoms with van der Waals surface area (Å²) in [5, 5.41) is 0.880. The molecule has 0 bridgehead atoms. The highest BCUT2D eigenvalue weighted by molar-refractivity contribution is 7.22. The average molecular weight is 381 g/mol. The van der Waals surface area contributed by atoms with Gasteiger partial charge in [0.2, 0.25) is 5.91 Å². The van der Waals surface area contributed by atoms with E-state index in [9.17, 15) is 9.18 Å². The maximum atomic E-state index is 14.2. The highest BCUT2D eigenvalue weighted by atomic mass is 32.1. The number of carbonyl (C=O) groups is 1. The zero-order chi connectivity index (χ0) is 18.4. The molecule has 6 nitrogen and oxygen atoms in total. The molecule has 1 saturated heterocycles. The summed E-state index contributed by atoms with van der Waals surface area (Å²) in [4.78, 5) is 17.5. The van der Waals surface area contributed by atoms with Crippen LogP contribution >= 0.6 is 11.3 Å². The minimum atomic E-state index is -0.384. The molecule has 0 saturated carbocycles. The number of hydrogen-bond acceptors (Lipinski definition) is 6. The van der Waals surface area contributed by atoms with Crippen LogP contribution in [-0.4, -0.2) is 43.8 Å². The SMILES string of the molecule is NC(=O)CCCCCCOc1c(F)ccc2sc(N3CCOCC3)nc12. The van der Waals surface area contributed by atoms with Gasteiger partial charge in [-0.15, -0.1) is 0 Å². The summed E-state index contributed by atoms with van der Waals surface area (Å²) >= 11 is 1.55. The molecule has 0 radical (unpaired) electrons. The number of primary amides is 1. The van der Waals surface area contributed by atoms with Crippen molar-refractivity contribution < 1.29 is 18.7 Å². The topological polar surface area (TPSA) is 77.7 Å². The third-order valence-corrected chi connectivity index (χ3v) is 5.38. The minimum Gasteiger partial charge on any atom is -0.488 e. The Hall–Kier alpha value is -1.93. The Morgan fingerprint density at radius 2 is 2.04 bits per heavy atom. The summed E-state index contributed by atoms with van der Waals surface area (Å²) in [7, 11) is 0. The summed E-state index contributed by atoms with van der Waals surface area (Å²) in [6.45, 7) is 3.39. The quantitative estimate of drug-likeness (QED) is 0.676. The number of unbranched alkanes of at least 4 members (excludes halogenated alkanes) is 3. The number of nitrogens with two attached hydrogens (primary N) is 1. The third kappa shape index (κ3) is 4.82. The third-order valence-electron chi connectivity index (χ3n) is 4.30. The number of benzene rings is 1. The number of carbonyl (C=O) groups excluding carboxylic acids is 1. The van der Waals surface area contributed by atoms with Gasteiger partial charge in [0.1, 0.15) is 5.52 Å². The Morgan fingerprint density at radius 1 is 1.27 bits per heavy atom. The lowest BCUT2D eigenvalue weighted by molar-refractivity contribution is -0.118. The number of morpholine rings is 1. The molecule has 1 aliphatic heterocycles. The van der Waals surface area contributed by atoms with E-state index in [-0.39, 0.29) is 17.5 Å². The fourth-order valence-corrected chi connectivity index (χ4v) is 3.91. The fraction of sp³-hybridized carbons (Fsp3) is 0.556. The number of rotatable bonds is 9. The highest BCUT2D eigenvalue weighted by Gasteiger charge is 2.19. The van der Waals surface area contributed by atoms with Gasteiger partial charge in [-0.25, -0.2) is 9.37 Å². The fourth-order valence-electron chi connectivity index (χ4n) is 2.89. The molecule has 26 heavy (non-hydrogen) atoms. The van der Waals surface area contributed by atoms with Crippen molar-refractivity contribution in [1.29, 1.82) is 0 Å².